The lowest BCUT2D eigenvalue weighted by atomic mass is 10.0. The van der Waals surface area contributed by atoms with E-state index in [1.807, 2.05) is 19.9 Å². The Hall–Kier alpha value is -3.75. The molecule has 1 saturated heterocycles. The van der Waals surface area contributed by atoms with E-state index in [2.05, 4.69) is 15.6 Å². The van der Waals surface area contributed by atoms with Crippen LogP contribution in [0, 0.1) is 13.8 Å². The summed E-state index contributed by atoms with van der Waals surface area (Å²) in [5.74, 6) is -0.993. The van der Waals surface area contributed by atoms with Crippen LogP contribution in [0.5, 0.6) is 0 Å². The maximum atomic E-state index is 12.9. The van der Waals surface area contributed by atoms with Gasteiger partial charge in [0, 0.05) is 36.5 Å². The molecule has 0 bridgehead atoms. The van der Waals surface area contributed by atoms with Crippen LogP contribution in [0.25, 0.3) is 0 Å². The number of carbonyl (C=O) groups is 4. The third kappa shape index (κ3) is 3.39. The second kappa shape index (κ2) is 7.44. The molecule has 9 nitrogen and oxygen atoms in total. The first-order chi connectivity index (χ1) is 15.3. The number of carbonyl (C=O) groups excluding carboxylic acids is 4. The van der Waals surface area contributed by atoms with Crippen molar-refractivity contribution < 1.29 is 19.2 Å². The van der Waals surface area contributed by atoms with E-state index in [-0.39, 0.29) is 30.8 Å². The molecule has 5 rings (SSSR count). The van der Waals surface area contributed by atoms with Crippen LogP contribution in [-0.4, -0.2) is 44.6 Å². The molecule has 1 unspecified atom stereocenters. The molecule has 1 aromatic carbocycles. The highest BCUT2D eigenvalue weighted by Gasteiger charge is 2.39. The smallest absolute Gasteiger partial charge is 0.322 e. The van der Waals surface area contributed by atoms with Gasteiger partial charge in [0.15, 0.2) is 0 Å². The van der Waals surface area contributed by atoms with Gasteiger partial charge >= 0.3 is 6.03 Å². The Balaban J connectivity index is 1.29. The number of hydrogen-bond acceptors (Lipinski definition) is 5. The third-order valence-corrected chi connectivity index (χ3v) is 6.31. The number of imide groups is 1. The van der Waals surface area contributed by atoms with Crippen molar-refractivity contribution in [3.8, 4) is 0 Å². The standard InChI is InChI=1S/C23H23N5O4/c1-12-7-13(2)24-18-11-27(10-17(12)18)23(32)25-15-3-4-16-14(8-15)9-28(22(16)31)19-5-6-20(29)26-21(19)30/h3-4,7-8,19H,5-6,9-11H2,1-2H3,(H,25,32)(H,26,29,30). The van der Waals surface area contributed by atoms with Gasteiger partial charge in [0.1, 0.15) is 6.04 Å². The highest BCUT2D eigenvalue weighted by atomic mass is 16.2. The first-order valence-electron chi connectivity index (χ1n) is 10.6. The molecule has 0 aliphatic carbocycles. The molecule has 3 aliphatic rings. The van der Waals surface area contributed by atoms with Gasteiger partial charge in [-0.05, 0) is 61.2 Å². The van der Waals surface area contributed by atoms with Crippen molar-refractivity contribution in [2.24, 2.45) is 0 Å². The number of pyridine rings is 1. The summed E-state index contributed by atoms with van der Waals surface area (Å²) in [4.78, 5) is 57.0. The molecule has 1 fully saturated rings. The number of hydrogen-bond donors (Lipinski definition) is 2. The maximum Gasteiger partial charge on any atom is 0.322 e. The average molecular weight is 433 g/mol. The SMILES string of the molecule is Cc1cc(C)c2c(n1)CN(C(=O)Nc1ccc3c(c1)CN(C1CCC(=O)NC1=O)C3=O)C2. The fraction of sp³-hybridized carbons (Fsp3) is 0.348. The molecule has 5 amide bonds. The van der Waals surface area contributed by atoms with Crippen molar-refractivity contribution in [2.45, 2.75) is 52.4 Å². The molecule has 164 valence electrons. The first kappa shape index (κ1) is 20.2. The zero-order valence-corrected chi connectivity index (χ0v) is 17.9. The minimum absolute atomic E-state index is 0.212. The third-order valence-electron chi connectivity index (χ3n) is 6.31. The predicted octanol–water partition coefficient (Wildman–Crippen LogP) is 2.01. The van der Waals surface area contributed by atoms with Crippen LogP contribution in [-0.2, 0) is 29.2 Å². The predicted molar refractivity (Wildman–Crippen MR) is 114 cm³/mol. The number of anilines is 1. The molecule has 3 aliphatic heterocycles. The van der Waals surface area contributed by atoms with Crippen LogP contribution in [0.4, 0.5) is 10.5 Å². The Morgan fingerprint density at radius 1 is 1.12 bits per heavy atom. The second-order valence-corrected chi connectivity index (χ2v) is 8.56. The summed E-state index contributed by atoms with van der Waals surface area (Å²) < 4.78 is 0. The fourth-order valence-corrected chi connectivity index (χ4v) is 4.71. The molecule has 2 N–H and O–H groups in total. The van der Waals surface area contributed by atoms with Crippen LogP contribution in [0.2, 0.25) is 0 Å². The number of nitrogens with one attached hydrogen (secondary N) is 2. The first-order valence-corrected chi connectivity index (χ1v) is 10.6. The quantitative estimate of drug-likeness (QED) is 0.704. The summed E-state index contributed by atoms with van der Waals surface area (Å²) >= 11 is 0. The molecule has 4 heterocycles. The zero-order valence-electron chi connectivity index (χ0n) is 17.9. The summed E-state index contributed by atoms with van der Waals surface area (Å²) in [6, 6.07) is 6.27. The Kier molecular flexibility index (Phi) is 4.69. The lowest BCUT2D eigenvalue weighted by Gasteiger charge is -2.29. The molecule has 1 aromatic heterocycles. The Morgan fingerprint density at radius 3 is 2.72 bits per heavy atom. The number of amides is 5. The number of aryl methyl sites for hydroxylation is 2. The van der Waals surface area contributed by atoms with Crippen molar-refractivity contribution in [1.29, 1.82) is 0 Å². The zero-order chi connectivity index (χ0) is 22.6. The van der Waals surface area contributed by atoms with Crippen molar-refractivity contribution >= 4 is 29.4 Å². The number of nitrogens with zero attached hydrogens (tertiary/aromatic N) is 3. The Labute approximate surface area is 184 Å². The van der Waals surface area contributed by atoms with Crippen molar-refractivity contribution in [2.75, 3.05) is 5.32 Å². The number of benzene rings is 1. The fourth-order valence-electron chi connectivity index (χ4n) is 4.71. The van der Waals surface area contributed by atoms with E-state index in [4.69, 9.17) is 0 Å². The molecule has 32 heavy (non-hydrogen) atoms. The van der Waals surface area contributed by atoms with Crippen LogP contribution >= 0.6 is 0 Å². The Morgan fingerprint density at radius 2 is 1.94 bits per heavy atom. The number of urea groups is 1. The van der Waals surface area contributed by atoms with Gasteiger partial charge in [-0.2, -0.15) is 0 Å². The Bertz CT molecular complexity index is 1190. The highest BCUT2D eigenvalue weighted by molar-refractivity contribution is 6.05. The molecular weight excluding hydrogens is 410 g/mol. The van der Waals surface area contributed by atoms with Crippen LogP contribution in [0.15, 0.2) is 24.3 Å². The van der Waals surface area contributed by atoms with Gasteiger partial charge in [-0.15, -0.1) is 0 Å². The van der Waals surface area contributed by atoms with Crippen molar-refractivity contribution in [3.05, 3.63) is 57.9 Å². The van der Waals surface area contributed by atoms with E-state index in [1.54, 1.807) is 23.1 Å². The van der Waals surface area contributed by atoms with Gasteiger partial charge in [-0.1, -0.05) is 0 Å². The van der Waals surface area contributed by atoms with E-state index in [1.165, 1.54) is 4.90 Å². The highest BCUT2D eigenvalue weighted by Crippen LogP contribution is 2.30. The molecule has 1 atom stereocenters. The summed E-state index contributed by atoms with van der Waals surface area (Å²) in [5, 5.41) is 5.21. The lowest BCUT2D eigenvalue weighted by molar-refractivity contribution is -0.136. The van der Waals surface area contributed by atoms with E-state index >= 15 is 0 Å². The lowest BCUT2D eigenvalue weighted by Crippen LogP contribution is -2.52. The van der Waals surface area contributed by atoms with E-state index < -0.39 is 11.9 Å². The number of aromatic nitrogens is 1. The molecule has 0 spiro atoms. The van der Waals surface area contributed by atoms with Crippen molar-refractivity contribution in [1.82, 2.24) is 20.1 Å². The monoisotopic (exact) mass is 433 g/mol. The molecule has 2 aromatic rings. The van der Waals surface area contributed by atoms with Crippen LogP contribution in [0.1, 0.15) is 51.3 Å². The molecule has 0 radical (unpaired) electrons. The molecule has 0 saturated carbocycles. The summed E-state index contributed by atoms with van der Waals surface area (Å²) in [7, 11) is 0. The summed E-state index contributed by atoms with van der Waals surface area (Å²) in [5.41, 5.74) is 5.93. The van der Waals surface area contributed by atoms with Gasteiger partial charge in [-0.3, -0.25) is 24.7 Å². The summed E-state index contributed by atoms with van der Waals surface area (Å²) in [6.07, 6.45) is 0.528. The second-order valence-electron chi connectivity index (χ2n) is 8.56. The topological polar surface area (TPSA) is 112 Å². The minimum atomic E-state index is -0.659. The van der Waals surface area contributed by atoms with Crippen molar-refractivity contribution in [3.63, 3.8) is 0 Å². The average Bonchev–Trinajstić information content (AvgIpc) is 3.30. The number of rotatable bonds is 2. The minimum Gasteiger partial charge on any atom is -0.322 e. The van der Waals surface area contributed by atoms with E-state index in [0.29, 0.717) is 30.8 Å². The van der Waals surface area contributed by atoms with Gasteiger partial charge in [0.05, 0.1) is 12.2 Å². The molecular formula is C23H23N5O4. The number of fused-ring (bicyclic) bond motifs is 2. The van der Waals surface area contributed by atoms with E-state index in [0.717, 1.165) is 28.1 Å². The largest absolute Gasteiger partial charge is 0.322 e. The van der Waals surface area contributed by atoms with Gasteiger partial charge in [0.2, 0.25) is 11.8 Å². The van der Waals surface area contributed by atoms with Gasteiger partial charge in [-0.25, -0.2) is 4.79 Å². The van der Waals surface area contributed by atoms with Gasteiger partial charge in [0.25, 0.3) is 5.91 Å². The van der Waals surface area contributed by atoms with Gasteiger partial charge < -0.3 is 15.1 Å². The molecule has 9 heteroatoms. The van der Waals surface area contributed by atoms with Crippen LogP contribution in [0.3, 0.4) is 0 Å². The normalized spacial score (nSPS) is 19.7. The van der Waals surface area contributed by atoms with E-state index in [9.17, 15) is 19.2 Å². The number of piperidine rings is 1. The maximum absolute atomic E-state index is 12.9. The summed E-state index contributed by atoms with van der Waals surface area (Å²) in [6.45, 7) is 5.20. The van der Waals surface area contributed by atoms with Crippen LogP contribution < -0.4 is 10.6 Å².